The Labute approximate surface area is 49.2 Å². The van der Waals surface area contributed by atoms with Gasteiger partial charge in [-0.3, -0.25) is 0 Å². The molecule has 0 aromatic heterocycles. The summed E-state index contributed by atoms with van der Waals surface area (Å²) < 4.78 is 0. The first-order chi connectivity index (χ1) is 3.27. The van der Waals surface area contributed by atoms with Crippen LogP contribution in [0, 0.1) is 0 Å². The molecule has 0 radical (unpaired) electrons. The van der Waals surface area contributed by atoms with Crippen LogP contribution in [0.1, 0.15) is 19.8 Å². The molecule has 0 atom stereocenters. The number of hydrogen-bond acceptors (Lipinski definition) is 1. The first-order valence-corrected chi connectivity index (χ1v) is 2.76. The van der Waals surface area contributed by atoms with E-state index in [1.807, 2.05) is 6.08 Å². The molecule has 0 fully saturated rings. The normalized spacial score (nSPS) is 12.0. The van der Waals surface area contributed by atoms with Crippen LogP contribution in [0.25, 0.3) is 0 Å². The van der Waals surface area contributed by atoms with Crippen LogP contribution in [0.4, 0.5) is 0 Å². The molecule has 0 saturated heterocycles. The molecule has 0 unspecified atom stereocenters. The molecule has 0 aliphatic heterocycles. The molecular weight excluding hydrogens is 110 g/mol. The zero-order valence-electron chi connectivity index (χ0n) is 4.45. The lowest BCUT2D eigenvalue weighted by Gasteiger charge is -1.83. The predicted octanol–water partition coefficient (Wildman–Crippen LogP) is 1.83. The van der Waals surface area contributed by atoms with Gasteiger partial charge < -0.3 is 5.73 Å². The molecule has 1 nitrogen and oxygen atoms in total. The Kier molecular flexibility index (Phi) is 3.90. The highest BCUT2D eigenvalue weighted by atomic mass is 35.5. The molecule has 2 heteroatoms. The highest BCUT2D eigenvalue weighted by molar-refractivity contribution is 6.28. The van der Waals surface area contributed by atoms with Gasteiger partial charge in [0.15, 0.2) is 0 Å². The second kappa shape index (κ2) is 4.00. The molecule has 0 rings (SSSR count). The van der Waals surface area contributed by atoms with Gasteiger partial charge in [0.05, 0.1) is 5.16 Å². The summed E-state index contributed by atoms with van der Waals surface area (Å²) >= 11 is 5.30. The number of hydrogen-bond donors (Lipinski definition) is 1. The standard InChI is InChI=1S/C5H10ClN/c1-2-3-4-5(6)7/h4H,2-3,7H2,1H3. The molecular formula is C5H10ClN. The molecule has 0 aliphatic rings. The molecule has 2 N–H and O–H groups in total. The summed E-state index contributed by atoms with van der Waals surface area (Å²) in [4.78, 5) is 0. The van der Waals surface area contributed by atoms with Crippen LogP contribution >= 0.6 is 11.6 Å². The van der Waals surface area contributed by atoms with Crippen molar-refractivity contribution in [3.8, 4) is 0 Å². The topological polar surface area (TPSA) is 26.0 Å². The Morgan fingerprint density at radius 2 is 2.43 bits per heavy atom. The third-order valence-electron chi connectivity index (χ3n) is 0.628. The quantitative estimate of drug-likeness (QED) is 0.552. The van der Waals surface area contributed by atoms with E-state index in [-0.39, 0.29) is 0 Å². The molecule has 0 aromatic rings. The van der Waals surface area contributed by atoms with E-state index in [2.05, 4.69) is 6.92 Å². The molecule has 7 heavy (non-hydrogen) atoms. The summed E-state index contributed by atoms with van der Waals surface area (Å²) in [5.41, 5.74) is 5.11. The van der Waals surface area contributed by atoms with E-state index in [9.17, 15) is 0 Å². The molecule has 0 spiro atoms. The lowest BCUT2D eigenvalue weighted by Crippen LogP contribution is -1.85. The van der Waals surface area contributed by atoms with Crippen molar-refractivity contribution < 1.29 is 0 Å². The van der Waals surface area contributed by atoms with E-state index in [1.165, 1.54) is 0 Å². The van der Waals surface area contributed by atoms with Gasteiger partial charge in [-0.15, -0.1) is 0 Å². The number of unbranched alkanes of at least 4 members (excludes halogenated alkanes) is 1. The summed E-state index contributed by atoms with van der Waals surface area (Å²) in [5, 5.41) is 0.404. The minimum absolute atomic E-state index is 0.404. The summed E-state index contributed by atoms with van der Waals surface area (Å²) in [5.74, 6) is 0. The van der Waals surface area contributed by atoms with Crippen LogP contribution in [0.2, 0.25) is 0 Å². The van der Waals surface area contributed by atoms with Gasteiger partial charge in [-0.1, -0.05) is 24.9 Å². The van der Waals surface area contributed by atoms with E-state index in [4.69, 9.17) is 17.3 Å². The minimum atomic E-state index is 0.404. The predicted molar refractivity (Wildman–Crippen MR) is 33.0 cm³/mol. The highest BCUT2D eigenvalue weighted by Gasteiger charge is 1.75. The van der Waals surface area contributed by atoms with Gasteiger partial charge in [-0.25, -0.2) is 0 Å². The molecule has 0 aliphatic carbocycles. The number of rotatable bonds is 2. The summed E-state index contributed by atoms with van der Waals surface area (Å²) in [6.07, 6.45) is 3.89. The minimum Gasteiger partial charge on any atom is -0.390 e. The molecule has 42 valence electrons. The van der Waals surface area contributed by atoms with Crippen LogP contribution in [-0.2, 0) is 0 Å². The van der Waals surface area contributed by atoms with Gasteiger partial charge in [-0.2, -0.15) is 0 Å². The van der Waals surface area contributed by atoms with E-state index in [0.29, 0.717) is 5.16 Å². The fourth-order valence-corrected chi connectivity index (χ4v) is 0.391. The van der Waals surface area contributed by atoms with Crippen molar-refractivity contribution in [3.63, 3.8) is 0 Å². The SMILES string of the molecule is CCCC=C(N)Cl. The van der Waals surface area contributed by atoms with Crippen molar-refractivity contribution in [2.24, 2.45) is 5.73 Å². The van der Waals surface area contributed by atoms with Crippen LogP contribution in [0.5, 0.6) is 0 Å². The zero-order valence-corrected chi connectivity index (χ0v) is 5.20. The maximum absolute atomic E-state index is 5.30. The maximum Gasteiger partial charge on any atom is 0.0951 e. The molecule has 0 bridgehead atoms. The maximum atomic E-state index is 5.30. The number of nitrogens with two attached hydrogens (primary N) is 1. The van der Waals surface area contributed by atoms with Gasteiger partial charge in [0.2, 0.25) is 0 Å². The largest absolute Gasteiger partial charge is 0.390 e. The Morgan fingerprint density at radius 1 is 1.86 bits per heavy atom. The number of halogens is 1. The summed E-state index contributed by atoms with van der Waals surface area (Å²) in [6, 6.07) is 0. The number of allylic oxidation sites excluding steroid dienone is 1. The van der Waals surface area contributed by atoms with E-state index in [0.717, 1.165) is 12.8 Å². The second-order valence-corrected chi connectivity index (χ2v) is 1.81. The summed E-state index contributed by atoms with van der Waals surface area (Å²) in [7, 11) is 0. The molecule has 0 amide bonds. The zero-order chi connectivity index (χ0) is 5.70. The van der Waals surface area contributed by atoms with E-state index >= 15 is 0 Å². The molecule has 0 saturated carbocycles. The van der Waals surface area contributed by atoms with Crippen molar-refractivity contribution in [3.05, 3.63) is 11.2 Å². The van der Waals surface area contributed by atoms with Gasteiger partial charge in [0, 0.05) is 0 Å². The van der Waals surface area contributed by atoms with Gasteiger partial charge in [0.1, 0.15) is 0 Å². The fraction of sp³-hybridized carbons (Fsp3) is 0.600. The third-order valence-corrected chi connectivity index (χ3v) is 0.782. The molecule has 0 heterocycles. The monoisotopic (exact) mass is 119 g/mol. The van der Waals surface area contributed by atoms with Crippen molar-refractivity contribution in [1.29, 1.82) is 0 Å². The van der Waals surface area contributed by atoms with Gasteiger partial charge in [0.25, 0.3) is 0 Å². The average molecular weight is 120 g/mol. The third kappa shape index (κ3) is 5.83. The van der Waals surface area contributed by atoms with Crippen molar-refractivity contribution in [2.45, 2.75) is 19.8 Å². The van der Waals surface area contributed by atoms with E-state index < -0.39 is 0 Å². The summed E-state index contributed by atoms with van der Waals surface area (Å²) in [6.45, 7) is 2.08. The van der Waals surface area contributed by atoms with Crippen LogP contribution in [0.15, 0.2) is 11.2 Å². The Hall–Kier alpha value is -0.170. The van der Waals surface area contributed by atoms with Crippen molar-refractivity contribution >= 4 is 11.6 Å². The average Bonchev–Trinajstić information content (AvgIpc) is 1.61. The van der Waals surface area contributed by atoms with Crippen molar-refractivity contribution in [2.75, 3.05) is 0 Å². The van der Waals surface area contributed by atoms with Crippen molar-refractivity contribution in [1.82, 2.24) is 0 Å². The van der Waals surface area contributed by atoms with Crippen LogP contribution in [0.3, 0.4) is 0 Å². The Bertz CT molecular complexity index is 64.5. The Balaban J connectivity index is 3.08. The van der Waals surface area contributed by atoms with Gasteiger partial charge >= 0.3 is 0 Å². The second-order valence-electron chi connectivity index (χ2n) is 1.38. The first kappa shape index (κ1) is 6.83. The van der Waals surface area contributed by atoms with Crippen LogP contribution in [-0.4, -0.2) is 0 Å². The highest BCUT2D eigenvalue weighted by Crippen LogP contribution is 1.94. The van der Waals surface area contributed by atoms with Crippen LogP contribution < -0.4 is 5.73 Å². The fourth-order valence-electron chi connectivity index (χ4n) is 0.282. The van der Waals surface area contributed by atoms with Gasteiger partial charge in [-0.05, 0) is 12.5 Å². The Morgan fingerprint density at radius 3 is 2.57 bits per heavy atom. The lowest BCUT2D eigenvalue weighted by atomic mass is 10.3. The smallest absolute Gasteiger partial charge is 0.0951 e. The van der Waals surface area contributed by atoms with E-state index in [1.54, 1.807) is 0 Å². The first-order valence-electron chi connectivity index (χ1n) is 2.38. The lowest BCUT2D eigenvalue weighted by molar-refractivity contribution is 0.954. The molecule has 0 aromatic carbocycles.